The van der Waals surface area contributed by atoms with Crippen LogP contribution in [0.2, 0.25) is 0 Å². The maximum atomic E-state index is 10.0. The van der Waals surface area contributed by atoms with E-state index in [4.69, 9.17) is 0 Å². The van der Waals surface area contributed by atoms with Crippen LogP contribution < -0.4 is 0 Å². The van der Waals surface area contributed by atoms with Gasteiger partial charge in [-0.3, -0.25) is 0 Å². The standard InChI is InChI=1S/C2HBr2O.Pt/c3-2(4)1-5;/h2H;/q;+1. The maximum absolute atomic E-state index is 10.0. The van der Waals surface area contributed by atoms with E-state index >= 15 is 0 Å². The Balaban J connectivity index is 3.26. The first-order valence-electron chi connectivity index (χ1n) is 1.09. The van der Waals surface area contributed by atoms with Crippen molar-refractivity contribution in [1.82, 2.24) is 0 Å². The zero-order valence-corrected chi connectivity index (χ0v) is 8.00. The van der Waals surface area contributed by atoms with Crippen molar-refractivity contribution in [3.8, 4) is 0 Å². The summed E-state index contributed by atoms with van der Waals surface area (Å²) in [4.78, 5) is 10.0. The molecule has 1 nitrogen and oxygen atoms in total. The molecule has 0 fully saturated rings. The Labute approximate surface area is 64.0 Å². The predicted molar refractivity (Wildman–Crippen MR) is 26.6 cm³/mol. The minimum atomic E-state index is -0.174. The summed E-state index contributed by atoms with van der Waals surface area (Å²) >= 11 is 7.68. The molecule has 0 atom stereocenters. The van der Waals surface area contributed by atoms with Crippen molar-refractivity contribution in [3.05, 3.63) is 0 Å². The van der Waals surface area contributed by atoms with Gasteiger partial charge in [-0.05, 0) is 0 Å². The molecule has 0 aromatic rings. The molecule has 4 heteroatoms. The van der Waals surface area contributed by atoms with Crippen molar-refractivity contribution >= 4 is 36.0 Å². The van der Waals surface area contributed by atoms with Crippen LogP contribution >= 0.6 is 31.9 Å². The molecule has 0 bridgehead atoms. The van der Waals surface area contributed by atoms with Gasteiger partial charge in [-0.25, -0.2) is 0 Å². The molecular weight excluding hydrogens is 395 g/mol. The van der Waals surface area contributed by atoms with Crippen LogP contribution in [0.5, 0.6) is 0 Å². The van der Waals surface area contributed by atoms with Crippen molar-refractivity contribution < 1.29 is 24.6 Å². The van der Waals surface area contributed by atoms with E-state index in [1.54, 1.807) is 19.8 Å². The van der Waals surface area contributed by atoms with Gasteiger partial charge in [-0.15, -0.1) is 0 Å². The van der Waals surface area contributed by atoms with Gasteiger partial charge in [-0.1, -0.05) is 0 Å². The molecule has 0 spiro atoms. The second kappa shape index (κ2) is 3.34. The molecule has 0 N–H and O–H groups in total. The number of rotatable bonds is 1. The zero-order valence-electron chi connectivity index (χ0n) is 2.56. The van der Waals surface area contributed by atoms with E-state index in [1.165, 1.54) is 0 Å². The van der Waals surface area contributed by atoms with Gasteiger partial charge in [0.15, 0.2) is 0 Å². The molecule has 0 saturated heterocycles. The molecule has 0 saturated carbocycles. The Kier molecular flexibility index (Phi) is 4.07. The first kappa shape index (κ1) is 7.32. The molecule has 0 heterocycles. The van der Waals surface area contributed by atoms with Crippen LogP contribution in [0, 0.1) is 0 Å². The predicted octanol–water partition coefficient (Wildman–Crippen LogP) is 1.18. The van der Waals surface area contributed by atoms with Gasteiger partial charge < -0.3 is 0 Å². The Morgan fingerprint density at radius 1 is 1.67 bits per heavy atom. The molecular formula is C2HBr2OPt+. The van der Waals surface area contributed by atoms with Crippen molar-refractivity contribution in [2.75, 3.05) is 0 Å². The van der Waals surface area contributed by atoms with Crippen LogP contribution in [0.25, 0.3) is 0 Å². The summed E-state index contributed by atoms with van der Waals surface area (Å²) < 4.78 is -0.110. The number of hydrogen-bond donors (Lipinski definition) is 0. The van der Waals surface area contributed by atoms with Crippen LogP contribution in [-0.2, 0) is 24.6 Å². The topological polar surface area (TPSA) is 17.1 Å². The van der Waals surface area contributed by atoms with E-state index in [1.807, 2.05) is 0 Å². The first-order valence-corrected chi connectivity index (χ1v) is 4.05. The van der Waals surface area contributed by atoms with E-state index in [-0.39, 0.29) is 7.91 Å². The second-order valence-corrected chi connectivity index (χ2v) is 4.75. The Hall–Kier alpha value is 1.32. The Bertz CT molecular complexity index is 62.6. The fourth-order valence-corrected chi connectivity index (χ4v) is 0. The molecule has 0 aliphatic carbocycles. The van der Waals surface area contributed by atoms with Gasteiger partial charge in [0.25, 0.3) is 0 Å². The number of hydrogen-bond acceptors (Lipinski definition) is 1. The molecule has 38 valence electrons. The average Bonchev–Trinajstić information content (AvgIpc) is 1.36. The molecule has 0 unspecified atom stereocenters. The SMILES string of the molecule is O=[C]([Pt+])C(Br)Br. The van der Waals surface area contributed by atoms with Gasteiger partial charge in [-0.2, -0.15) is 0 Å². The van der Waals surface area contributed by atoms with Gasteiger partial charge in [0, 0.05) is 0 Å². The first-order chi connectivity index (χ1) is 2.64. The summed E-state index contributed by atoms with van der Waals surface area (Å²) in [5.74, 6) is 0. The van der Waals surface area contributed by atoms with Crippen molar-refractivity contribution in [2.24, 2.45) is 0 Å². The van der Waals surface area contributed by atoms with Gasteiger partial charge >= 0.3 is 64.4 Å². The van der Waals surface area contributed by atoms with E-state index in [0.29, 0.717) is 0 Å². The summed E-state index contributed by atoms with van der Waals surface area (Å²) in [6.45, 7) is 0. The number of carbonyl (C=O) groups excluding carboxylic acids is 1. The van der Waals surface area contributed by atoms with Crippen LogP contribution in [-0.4, -0.2) is 7.91 Å². The molecule has 0 aliphatic rings. The summed E-state index contributed by atoms with van der Waals surface area (Å²) in [6, 6.07) is 0. The number of alkyl halides is 2. The third kappa shape index (κ3) is 3.51. The third-order valence-electron chi connectivity index (χ3n) is 0.158. The van der Waals surface area contributed by atoms with Crippen molar-refractivity contribution in [2.45, 2.75) is 3.74 Å². The Morgan fingerprint density at radius 2 is 1.83 bits per heavy atom. The van der Waals surface area contributed by atoms with E-state index < -0.39 is 0 Å². The molecule has 0 amide bonds. The molecule has 0 rings (SSSR count). The van der Waals surface area contributed by atoms with Gasteiger partial charge in [0.2, 0.25) is 0 Å². The quantitative estimate of drug-likeness (QED) is 0.609. The van der Waals surface area contributed by atoms with Crippen molar-refractivity contribution in [3.63, 3.8) is 0 Å². The second-order valence-electron chi connectivity index (χ2n) is 0.574. The average molecular weight is 396 g/mol. The molecule has 6 heavy (non-hydrogen) atoms. The fraction of sp³-hybridized carbons (Fsp3) is 0.500. The molecule has 0 aromatic heterocycles. The minimum absolute atomic E-state index is 0.0648. The number of carbonyl (C=O) groups is 1. The summed E-state index contributed by atoms with van der Waals surface area (Å²) in [5, 5.41) is 0. The fourth-order valence-electron chi connectivity index (χ4n) is 0. The molecule has 0 aromatic carbocycles. The van der Waals surface area contributed by atoms with Crippen LogP contribution in [0.3, 0.4) is 0 Å². The van der Waals surface area contributed by atoms with Crippen LogP contribution in [0.15, 0.2) is 0 Å². The van der Waals surface area contributed by atoms with E-state index in [9.17, 15) is 4.79 Å². The van der Waals surface area contributed by atoms with Gasteiger partial charge in [0.05, 0.1) is 0 Å². The summed E-state index contributed by atoms with van der Waals surface area (Å²) in [7, 11) is 0. The van der Waals surface area contributed by atoms with E-state index in [2.05, 4.69) is 31.9 Å². The summed E-state index contributed by atoms with van der Waals surface area (Å²) in [6.07, 6.45) is 0. The third-order valence-corrected chi connectivity index (χ3v) is 3.40. The molecule has 0 aliphatic heterocycles. The van der Waals surface area contributed by atoms with Crippen molar-refractivity contribution in [1.29, 1.82) is 0 Å². The Morgan fingerprint density at radius 3 is 1.83 bits per heavy atom. The monoisotopic (exact) mass is 394 g/mol. The van der Waals surface area contributed by atoms with Gasteiger partial charge in [0.1, 0.15) is 0 Å². The van der Waals surface area contributed by atoms with E-state index in [0.717, 1.165) is 0 Å². The summed E-state index contributed by atoms with van der Waals surface area (Å²) in [5.41, 5.74) is 0. The normalized spacial score (nSPS) is 9.50. The van der Waals surface area contributed by atoms with Crippen LogP contribution in [0.1, 0.15) is 0 Å². The zero-order chi connectivity index (χ0) is 5.15. The molecule has 0 radical (unpaired) electrons. The van der Waals surface area contributed by atoms with Crippen LogP contribution in [0.4, 0.5) is 0 Å². The number of halogens is 2.